The molecule has 7 heteroatoms. The van der Waals surface area contributed by atoms with Gasteiger partial charge in [0.05, 0.1) is 0 Å². The molecule has 4 unspecified atom stereocenters. The first-order valence-corrected chi connectivity index (χ1v) is 12.1. The summed E-state index contributed by atoms with van der Waals surface area (Å²) in [5, 5.41) is 12.7. The molecular formula is C16H33AsNO4P. The number of aliphatic hydroxyl groups excluding tert-OH is 1. The zero-order valence-electron chi connectivity index (χ0n) is 14.4. The van der Waals surface area contributed by atoms with Crippen molar-refractivity contribution in [1.82, 2.24) is 5.32 Å². The Hall–Kier alpha value is 0.178. The van der Waals surface area contributed by atoms with Crippen molar-refractivity contribution in [2.24, 2.45) is 11.8 Å². The Morgan fingerprint density at radius 2 is 1.91 bits per heavy atom. The van der Waals surface area contributed by atoms with Crippen LogP contribution in [0.2, 0.25) is 4.71 Å². The number of aliphatic hydroxyl groups is 1. The number of amides is 1. The van der Waals surface area contributed by atoms with Crippen LogP contribution in [0.15, 0.2) is 0 Å². The first kappa shape index (κ1) is 21.2. The molecule has 3 N–H and O–H groups in total. The summed E-state index contributed by atoms with van der Waals surface area (Å²) in [6.45, 7) is 4.20. The van der Waals surface area contributed by atoms with E-state index in [1.165, 1.54) is 23.3 Å². The van der Waals surface area contributed by atoms with Gasteiger partial charge in [-0.1, -0.05) is 0 Å². The van der Waals surface area contributed by atoms with Crippen molar-refractivity contribution >= 4 is 30.1 Å². The second-order valence-electron chi connectivity index (χ2n) is 7.35. The van der Waals surface area contributed by atoms with Crippen LogP contribution in [0, 0.1) is 11.8 Å². The molecule has 1 saturated carbocycles. The molecule has 0 aromatic heterocycles. The predicted molar refractivity (Wildman–Crippen MR) is 96.9 cm³/mol. The molecule has 0 aromatic rings. The fourth-order valence-corrected chi connectivity index (χ4v) is 6.70. The van der Waals surface area contributed by atoms with Crippen molar-refractivity contribution in [3.8, 4) is 0 Å². The zero-order valence-corrected chi connectivity index (χ0v) is 17.7. The van der Waals surface area contributed by atoms with E-state index >= 15 is 0 Å². The third kappa shape index (κ3) is 9.29. The van der Waals surface area contributed by atoms with E-state index < -0.39 is 13.5 Å². The summed E-state index contributed by atoms with van der Waals surface area (Å²) in [4.78, 5) is 22.0. The Kier molecular flexibility index (Phi) is 9.44. The maximum atomic E-state index is 12.3. The molecule has 0 heterocycles. The molecule has 23 heavy (non-hydrogen) atoms. The molecule has 1 rings (SSSR count). The Morgan fingerprint density at radius 3 is 2.48 bits per heavy atom. The van der Waals surface area contributed by atoms with Crippen molar-refractivity contribution in [1.29, 1.82) is 0 Å². The van der Waals surface area contributed by atoms with E-state index in [1.54, 1.807) is 0 Å². The molecule has 0 aliphatic heterocycles. The van der Waals surface area contributed by atoms with E-state index in [4.69, 9.17) is 0 Å². The Bertz CT molecular complexity index is 413. The molecule has 136 valence electrons. The van der Waals surface area contributed by atoms with Gasteiger partial charge in [0.25, 0.3) is 0 Å². The van der Waals surface area contributed by atoms with Gasteiger partial charge in [-0.15, -0.1) is 0 Å². The Labute approximate surface area is 149 Å². The number of rotatable bonds is 9. The van der Waals surface area contributed by atoms with Crippen LogP contribution in [0.3, 0.4) is 0 Å². The van der Waals surface area contributed by atoms with E-state index in [9.17, 15) is 19.4 Å². The minimum atomic E-state index is -3.32. The average Bonchev–Trinajstić information content (AvgIpc) is 2.43. The quantitative estimate of drug-likeness (QED) is 0.400. The molecule has 1 fully saturated rings. The third-order valence-electron chi connectivity index (χ3n) is 4.34. The number of hydrogen-bond donors (Lipinski definition) is 3. The van der Waals surface area contributed by atoms with Gasteiger partial charge < -0.3 is 0 Å². The van der Waals surface area contributed by atoms with Crippen LogP contribution >= 0.6 is 7.37 Å². The minimum absolute atomic E-state index is 0.0436. The molecule has 0 bridgehead atoms. The van der Waals surface area contributed by atoms with Gasteiger partial charge in [-0.25, -0.2) is 0 Å². The summed E-state index contributed by atoms with van der Waals surface area (Å²) in [7, 11) is -3.32. The zero-order chi connectivity index (χ0) is 17.5. The second-order valence-corrected chi connectivity index (χ2v) is 11.5. The Balaban J connectivity index is 2.32. The monoisotopic (exact) mass is 409 g/mol. The predicted octanol–water partition coefficient (Wildman–Crippen LogP) is 1.78. The van der Waals surface area contributed by atoms with Gasteiger partial charge in [0.15, 0.2) is 0 Å². The summed E-state index contributed by atoms with van der Waals surface area (Å²) in [6.07, 6.45) is 5.60. The molecule has 5 nitrogen and oxygen atoms in total. The molecule has 1 amide bonds. The second kappa shape index (κ2) is 10.2. The topological polar surface area (TPSA) is 86.6 Å². The number of hydrogen-bond acceptors (Lipinski definition) is 3. The first-order chi connectivity index (χ1) is 10.7. The fraction of sp³-hybridized carbons (Fsp3) is 0.938. The van der Waals surface area contributed by atoms with Gasteiger partial charge in [0.2, 0.25) is 0 Å². The Morgan fingerprint density at radius 1 is 1.30 bits per heavy atom. The van der Waals surface area contributed by atoms with Crippen LogP contribution in [-0.2, 0) is 9.36 Å². The van der Waals surface area contributed by atoms with Gasteiger partial charge in [-0.3, -0.25) is 0 Å². The van der Waals surface area contributed by atoms with E-state index in [2.05, 4.69) is 19.2 Å². The molecule has 4 atom stereocenters. The normalized spacial score (nSPS) is 21.7. The maximum absolute atomic E-state index is 12.3. The number of carbonyl (C=O) groups excluding carboxylic acids is 1. The van der Waals surface area contributed by atoms with Gasteiger partial charge in [0.1, 0.15) is 0 Å². The molecule has 1 aliphatic rings. The van der Waals surface area contributed by atoms with Crippen LogP contribution in [0.1, 0.15) is 52.4 Å². The SMILES string of the molecule is CC(C)CC([AsH2])C(=O)NCC(O)CP(=O)(O)CC1CCCCC1. The van der Waals surface area contributed by atoms with Crippen LogP contribution in [0.25, 0.3) is 0 Å². The average molecular weight is 409 g/mol. The fourth-order valence-electron chi connectivity index (χ4n) is 3.21. The third-order valence-corrected chi connectivity index (χ3v) is 7.62. The molecule has 0 aromatic carbocycles. The summed E-state index contributed by atoms with van der Waals surface area (Å²) < 4.78 is 12.3. The van der Waals surface area contributed by atoms with Crippen molar-refractivity contribution in [3.05, 3.63) is 0 Å². The van der Waals surface area contributed by atoms with E-state index in [0.29, 0.717) is 18.0 Å². The van der Waals surface area contributed by atoms with Gasteiger partial charge >= 0.3 is 149 Å². The molecule has 0 spiro atoms. The van der Waals surface area contributed by atoms with Crippen molar-refractivity contribution < 1.29 is 19.4 Å². The summed E-state index contributed by atoms with van der Waals surface area (Å²) in [5.74, 6) is 0.698. The summed E-state index contributed by atoms with van der Waals surface area (Å²) in [5.41, 5.74) is 0. The van der Waals surface area contributed by atoms with Crippen LogP contribution in [-0.4, -0.2) is 57.7 Å². The molecule has 1 aliphatic carbocycles. The van der Waals surface area contributed by atoms with Crippen LogP contribution < -0.4 is 5.32 Å². The van der Waals surface area contributed by atoms with E-state index in [-0.39, 0.29) is 23.3 Å². The molecule has 0 radical (unpaired) electrons. The van der Waals surface area contributed by atoms with E-state index in [0.717, 1.165) is 32.1 Å². The summed E-state index contributed by atoms with van der Waals surface area (Å²) in [6, 6.07) is 0. The van der Waals surface area contributed by atoms with Gasteiger partial charge in [0, 0.05) is 0 Å². The van der Waals surface area contributed by atoms with Crippen molar-refractivity contribution in [2.75, 3.05) is 18.9 Å². The summed E-state index contributed by atoms with van der Waals surface area (Å²) >= 11 is 1.38. The number of carbonyl (C=O) groups is 1. The van der Waals surface area contributed by atoms with Crippen molar-refractivity contribution in [2.45, 2.75) is 63.2 Å². The van der Waals surface area contributed by atoms with E-state index in [1.807, 2.05) is 0 Å². The standard InChI is InChI=1S/C16H33AsNO4P/c1-12(2)8-15(17)16(20)18-9-14(19)11-23(21,22)10-13-6-4-3-5-7-13/h12-15,19H,3-11,17H2,1-2H3,(H,18,20)(H,21,22). The molecule has 0 saturated heterocycles. The first-order valence-electron chi connectivity index (χ1n) is 8.72. The van der Waals surface area contributed by atoms with Crippen LogP contribution in [0.5, 0.6) is 0 Å². The van der Waals surface area contributed by atoms with Gasteiger partial charge in [-0.2, -0.15) is 0 Å². The van der Waals surface area contributed by atoms with Gasteiger partial charge in [-0.05, 0) is 0 Å². The van der Waals surface area contributed by atoms with Crippen LogP contribution in [0.4, 0.5) is 0 Å². The van der Waals surface area contributed by atoms with Crippen molar-refractivity contribution in [3.63, 3.8) is 0 Å². The molecular weight excluding hydrogens is 376 g/mol. The number of nitrogens with one attached hydrogen (secondary N) is 1.